The van der Waals surface area contributed by atoms with Crippen molar-refractivity contribution in [3.05, 3.63) is 17.6 Å². The summed E-state index contributed by atoms with van der Waals surface area (Å²) in [5, 5.41) is 19.7. The van der Waals surface area contributed by atoms with Crippen molar-refractivity contribution in [1.29, 1.82) is 0 Å². The van der Waals surface area contributed by atoms with E-state index in [4.69, 9.17) is 16.2 Å². The summed E-state index contributed by atoms with van der Waals surface area (Å²) in [6.45, 7) is 1.46. The van der Waals surface area contributed by atoms with Crippen molar-refractivity contribution in [3.63, 3.8) is 0 Å². The van der Waals surface area contributed by atoms with E-state index in [0.29, 0.717) is 16.9 Å². The second-order valence-electron chi connectivity index (χ2n) is 5.30. The summed E-state index contributed by atoms with van der Waals surface area (Å²) in [6.07, 6.45) is -0.363. The smallest absolute Gasteiger partial charge is 0.251 e. The molecule has 1 amide bonds. The predicted molar refractivity (Wildman–Crippen MR) is 76.8 cm³/mol. The third kappa shape index (κ3) is 2.19. The molecule has 0 unspecified atom stereocenters. The monoisotopic (exact) mass is 307 g/mol. The van der Waals surface area contributed by atoms with E-state index < -0.39 is 24.3 Å². The van der Waals surface area contributed by atoms with Gasteiger partial charge in [0, 0.05) is 12.6 Å². The molecule has 2 aromatic rings. The van der Waals surface area contributed by atoms with Gasteiger partial charge in [-0.25, -0.2) is 9.97 Å². The Balaban J connectivity index is 2.20. The van der Waals surface area contributed by atoms with Crippen LogP contribution in [0.5, 0.6) is 0 Å². The van der Waals surface area contributed by atoms with Crippen LogP contribution in [0.25, 0.3) is 11.0 Å². The molecule has 9 nitrogen and oxygen atoms in total. The summed E-state index contributed by atoms with van der Waals surface area (Å²) in [5.74, 6) is -0.109. The number of carbonyl (C=O) groups excluding carboxylic acids is 1. The number of anilines is 1. The van der Waals surface area contributed by atoms with E-state index in [1.165, 1.54) is 10.8 Å². The fourth-order valence-electron chi connectivity index (χ4n) is 2.77. The SMILES string of the molecule is Cc1nc(N)c2c(C(N)=O)cn([C@@H]3O[C@H](CO)C[C@H]3O)c2n1. The lowest BCUT2D eigenvalue weighted by molar-refractivity contribution is -0.0484. The average molecular weight is 307 g/mol. The number of nitrogens with two attached hydrogens (primary N) is 2. The lowest BCUT2D eigenvalue weighted by Crippen LogP contribution is -2.19. The van der Waals surface area contributed by atoms with E-state index in [1.807, 2.05) is 0 Å². The van der Waals surface area contributed by atoms with Crippen molar-refractivity contribution in [2.45, 2.75) is 31.8 Å². The quantitative estimate of drug-likeness (QED) is 0.571. The summed E-state index contributed by atoms with van der Waals surface area (Å²) in [4.78, 5) is 20.0. The van der Waals surface area contributed by atoms with E-state index in [2.05, 4.69) is 9.97 Å². The van der Waals surface area contributed by atoms with Crippen molar-refractivity contribution in [2.24, 2.45) is 5.73 Å². The molecule has 118 valence electrons. The zero-order valence-corrected chi connectivity index (χ0v) is 11.9. The average Bonchev–Trinajstić information content (AvgIpc) is 2.99. The number of rotatable bonds is 3. The molecular formula is C13H17N5O4. The van der Waals surface area contributed by atoms with Gasteiger partial charge in [-0.2, -0.15) is 0 Å². The largest absolute Gasteiger partial charge is 0.394 e. The maximum Gasteiger partial charge on any atom is 0.251 e. The molecule has 1 saturated heterocycles. The summed E-state index contributed by atoms with van der Waals surface area (Å²) in [5.41, 5.74) is 11.8. The number of aryl methyl sites for hydroxylation is 1. The highest BCUT2D eigenvalue weighted by Crippen LogP contribution is 2.34. The van der Waals surface area contributed by atoms with Crippen LogP contribution >= 0.6 is 0 Å². The Hall–Kier alpha value is -2.23. The van der Waals surface area contributed by atoms with E-state index in [0.717, 1.165) is 0 Å². The number of hydrogen-bond acceptors (Lipinski definition) is 7. The van der Waals surface area contributed by atoms with E-state index in [-0.39, 0.29) is 24.4 Å². The molecule has 22 heavy (non-hydrogen) atoms. The predicted octanol–water partition coefficient (Wildman–Crippen LogP) is -0.938. The van der Waals surface area contributed by atoms with E-state index in [1.54, 1.807) is 6.92 Å². The van der Waals surface area contributed by atoms with Crippen LogP contribution in [0.3, 0.4) is 0 Å². The molecule has 0 aliphatic carbocycles. The van der Waals surface area contributed by atoms with Gasteiger partial charge in [0.1, 0.15) is 23.4 Å². The fourth-order valence-corrected chi connectivity index (χ4v) is 2.77. The number of ether oxygens (including phenoxy) is 1. The fraction of sp³-hybridized carbons (Fsp3) is 0.462. The Bertz CT molecular complexity index is 744. The van der Waals surface area contributed by atoms with Crippen LogP contribution in [0.15, 0.2) is 6.20 Å². The Labute approximate surface area is 125 Å². The van der Waals surface area contributed by atoms with Crippen molar-refractivity contribution in [3.8, 4) is 0 Å². The number of primary amides is 1. The van der Waals surface area contributed by atoms with Gasteiger partial charge < -0.3 is 31.0 Å². The van der Waals surface area contributed by atoms with Crippen molar-refractivity contribution >= 4 is 22.8 Å². The highest BCUT2D eigenvalue weighted by molar-refractivity contribution is 6.08. The highest BCUT2D eigenvalue weighted by Gasteiger charge is 2.36. The molecule has 0 spiro atoms. The number of amides is 1. The van der Waals surface area contributed by atoms with E-state index in [9.17, 15) is 15.0 Å². The van der Waals surface area contributed by atoms with Gasteiger partial charge >= 0.3 is 0 Å². The first-order chi connectivity index (χ1) is 10.4. The summed E-state index contributed by atoms with van der Waals surface area (Å²) >= 11 is 0. The number of aliphatic hydroxyl groups excluding tert-OH is 2. The second kappa shape index (κ2) is 5.20. The van der Waals surface area contributed by atoms with Gasteiger partial charge in [-0.3, -0.25) is 4.79 Å². The molecule has 3 rings (SSSR count). The topological polar surface area (TPSA) is 150 Å². The zero-order valence-electron chi connectivity index (χ0n) is 11.9. The van der Waals surface area contributed by atoms with Gasteiger partial charge in [0.25, 0.3) is 5.91 Å². The Morgan fingerprint density at radius 2 is 2.27 bits per heavy atom. The molecule has 6 N–H and O–H groups in total. The maximum atomic E-state index is 11.6. The third-order valence-electron chi connectivity index (χ3n) is 3.72. The second-order valence-corrected chi connectivity index (χ2v) is 5.30. The molecule has 1 fully saturated rings. The standard InChI is InChI=1S/C13H17N5O4/c1-5-16-10(14)9-7(11(15)21)3-18(12(9)17-5)13-8(20)2-6(4-19)22-13/h3,6,8,13,19-20H,2,4H2,1H3,(H2,15,21)(H2,14,16,17)/t6-,8+,13+/m0/s1. The van der Waals surface area contributed by atoms with Crippen molar-refractivity contribution in [2.75, 3.05) is 12.3 Å². The number of nitrogens with zero attached hydrogens (tertiary/aromatic N) is 3. The minimum absolute atomic E-state index is 0.140. The third-order valence-corrected chi connectivity index (χ3v) is 3.72. The molecule has 2 aromatic heterocycles. The summed E-state index contributed by atoms with van der Waals surface area (Å²) in [7, 11) is 0. The highest BCUT2D eigenvalue weighted by atomic mass is 16.5. The van der Waals surface area contributed by atoms with Crippen molar-refractivity contribution in [1.82, 2.24) is 14.5 Å². The Morgan fingerprint density at radius 1 is 1.55 bits per heavy atom. The molecule has 3 atom stereocenters. The summed E-state index contributed by atoms with van der Waals surface area (Å²) in [6, 6.07) is 0. The van der Waals surface area contributed by atoms with Gasteiger partial charge in [0.15, 0.2) is 6.23 Å². The Kier molecular flexibility index (Phi) is 3.47. The van der Waals surface area contributed by atoms with E-state index >= 15 is 0 Å². The molecular weight excluding hydrogens is 290 g/mol. The van der Waals surface area contributed by atoms with Crippen LogP contribution in [0.4, 0.5) is 5.82 Å². The van der Waals surface area contributed by atoms with Gasteiger partial charge in [-0.05, 0) is 6.92 Å². The number of hydrogen-bond donors (Lipinski definition) is 4. The van der Waals surface area contributed by atoms with Crippen LogP contribution in [-0.4, -0.2) is 49.5 Å². The van der Waals surface area contributed by atoms with Gasteiger partial charge in [-0.15, -0.1) is 0 Å². The normalized spacial score (nSPS) is 25.0. The molecule has 3 heterocycles. The number of carbonyl (C=O) groups is 1. The molecule has 1 aliphatic heterocycles. The lowest BCUT2D eigenvalue weighted by atomic mass is 10.2. The lowest BCUT2D eigenvalue weighted by Gasteiger charge is -2.17. The molecule has 0 aromatic carbocycles. The zero-order chi connectivity index (χ0) is 16.0. The van der Waals surface area contributed by atoms with Gasteiger partial charge in [0.05, 0.1) is 23.7 Å². The van der Waals surface area contributed by atoms with Crippen LogP contribution < -0.4 is 11.5 Å². The van der Waals surface area contributed by atoms with Crippen LogP contribution in [0.2, 0.25) is 0 Å². The number of nitrogen functional groups attached to an aromatic ring is 1. The van der Waals surface area contributed by atoms with Gasteiger partial charge in [-0.1, -0.05) is 0 Å². The number of aromatic nitrogens is 3. The maximum absolute atomic E-state index is 11.6. The minimum atomic E-state index is -0.843. The van der Waals surface area contributed by atoms with Gasteiger partial charge in [0.2, 0.25) is 0 Å². The molecule has 1 aliphatic rings. The Morgan fingerprint density at radius 3 is 2.86 bits per heavy atom. The first-order valence-corrected chi connectivity index (χ1v) is 6.81. The first-order valence-electron chi connectivity index (χ1n) is 6.81. The number of fused-ring (bicyclic) bond motifs is 1. The van der Waals surface area contributed by atoms with Crippen LogP contribution in [-0.2, 0) is 4.74 Å². The molecule has 0 bridgehead atoms. The number of aliphatic hydroxyl groups is 2. The molecule has 9 heteroatoms. The molecule has 0 radical (unpaired) electrons. The first kappa shape index (κ1) is 14.7. The summed E-state index contributed by atoms with van der Waals surface area (Å²) < 4.78 is 7.11. The van der Waals surface area contributed by atoms with Crippen molar-refractivity contribution < 1.29 is 19.7 Å². The molecule has 0 saturated carbocycles. The van der Waals surface area contributed by atoms with Crippen LogP contribution in [0, 0.1) is 6.92 Å². The van der Waals surface area contributed by atoms with Crippen LogP contribution in [0.1, 0.15) is 28.8 Å². The minimum Gasteiger partial charge on any atom is -0.394 e.